The van der Waals surface area contributed by atoms with Gasteiger partial charge in [0, 0.05) is 37.6 Å². The van der Waals surface area contributed by atoms with E-state index in [2.05, 4.69) is 25.3 Å². The number of piperidine rings is 1. The van der Waals surface area contributed by atoms with Crippen molar-refractivity contribution in [1.29, 1.82) is 0 Å². The minimum Gasteiger partial charge on any atom is -0.497 e. The molecule has 3 aromatic rings. The summed E-state index contributed by atoms with van der Waals surface area (Å²) in [6.07, 6.45) is 7.66. The van der Waals surface area contributed by atoms with Crippen molar-refractivity contribution in [2.24, 2.45) is 0 Å². The van der Waals surface area contributed by atoms with Crippen LogP contribution in [0.2, 0.25) is 0 Å². The maximum Gasteiger partial charge on any atom is 0.146 e. The number of hydrogen-bond acceptors (Lipinski definition) is 7. The fourth-order valence-corrected chi connectivity index (χ4v) is 3.50. The highest BCUT2D eigenvalue weighted by Crippen LogP contribution is 2.32. The molecule has 0 amide bonds. The molecule has 8 heteroatoms. The number of methoxy groups -OCH3 is 2. The predicted molar refractivity (Wildman–Crippen MR) is 108 cm³/mol. The van der Waals surface area contributed by atoms with E-state index >= 15 is 0 Å². The molecule has 1 saturated heterocycles. The zero-order chi connectivity index (χ0) is 19.3. The topological polar surface area (TPSA) is 77.3 Å². The quantitative estimate of drug-likeness (QED) is 0.703. The van der Waals surface area contributed by atoms with Gasteiger partial charge in [0.2, 0.25) is 0 Å². The van der Waals surface area contributed by atoms with E-state index in [1.165, 1.54) is 0 Å². The Labute approximate surface area is 164 Å². The molecule has 1 unspecified atom stereocenters. The molecule has 4 rings (SSSR count). The molecule has 146 valence electrons. The molecule has 0 bridgehead atoms. The Morgan fingerprint density at radius 2 is 2.07 bits per heavy atom. The van der Waals surface area contributed by atoms with Crippen LogP contribution in [0.4, 0.5) is 17.3 Å². The Bertz CT molecular complexity index is 915. The summed E-state index contributed by atoms with van der Waals surface area (Å²) < 4.78 is 12.7. The third kappa shape index (κ3) is 3.85. The monoisotopic (exact) mass is 380 g/mol. The Morgan fingerprint density at radius 1 is 1.14 bits per heavy atom. The van der Waals surface area contributed by atoms with Crippen molar-refractivity contribution >= 4 is 17.3 Å². The number of nitrogens with one attached hydrogen (secondary N) is 1. The molecule has 0 saturated carbocycles. The van der Waals surface area contributed by atoms with E-state index in [1.807, 2.05) is 47.4 Å². The SMILES string of the molecule is COc1ccc(Nc2cc(N3CCCC(n4cccn4)C3)ncn2)c(OC)c1. The van der Waals surface area contributed by atoms with Crippen LogP contribution in [-0.4, -0.2) is 47.1 Å². The highest BCUT2D eigenvalue weighted by molar-refractivity contribution is 5.67. The summed E-state index contributed by atoms with van der Waals surface area (Å²) in [5, 5.41) is 7.71. The summed E-state index contributed by atoms with van der Waals surface area (Å²) in [7, 11) is 3.27. The summed E-state index contributed by atoms with van der Waals surface area (Å²) in [5.74, 6) is 3.05. The Balaban J connectivity index is 1.52. The molecule has 1 aliphatic heterocycles. The van der Waals surface area contributed by atoms with E-state index in [0.717, 1.165) is 49.0 Å². The van der Waals surface area contributed by atoms with Crippen LogP contribution in [-0.2, 0) is 0 Å². The minimum atomic E-state index is 0.358. The summed E-state index contributed by atoms with van der Waals surface area (Å²) in [6, 6.07) is 9.92. The first-order valence-corrected chi connectivity index (χ1v) is 9.32. The molecule has 2 aromatic heterocycles. The summed E-state index contributed by atoms with van der Waals surface area (Å²) in [4.78, 5) is 11.1. The molecule has 0 aliphatic carbocycles. The van der Waals surface area contributed by atoms with Crippen LogP contribution < -0.4 is 19.7 Å². The van der Waals surface area contributed by atoms with Gasteiger partial charge in [0.25, 0.3) is 0 Å². The lowest BCUT2D eigenvalue weighted by atomic mass is 10.1. The third-order valence-corrected chi connectivity index (χ3v) is 4.94. The largest absolute Gasteiger partial charge is 0.497 e. The van der Waals surface area contributed by atoms with Gasteiger partial charge < -0.3 is 19.7 Å². The number of ether oxygens (including phenoxy) is 2. The first-order chi connectivity index (χ1) is 13.8. The zero-order valence-corrected chi connectivity index (χ0v) is 16.1. The zero-order valence-electron chi connectivity index (χ0n) is 16.1. The van der Waals surface area contributed by atoms with Crippen LogP contribution in [0, 0.1) is 0 Å². The van der Waals surface area contributed by atoms with Crippen molar-refractivity contribution in [3.05, 3.63) is 49.1 Å². The molecular formula is C20H24N6O2. The fraction of sp³-hybridized carbons (Fsp3) is 0.350. The molecule has 3 heterocycles. The second kappa shape index (κ2) is 8.16. The Kier molecular flexibility index (Phi) is 5.27. The maximum atomic E-state index is 5.46. The van der Waals surface area contributed by atoms with Gasteiger partial charge in [0.15, 0.2) is 0 Å². The molecule has 1 atom stereocenters. The van der Waals surface area contributed by atoms with Crippen molar-refractivity contribution in [2.45, 2.75) is 18.9 Å². The number of nitrogens with zero attached hydrogens (tertiary/aromatic N) is 5. The Morgan fingerprint density at radius 3 is 2.86 bits per heavy atom. The van der Waals surface area contributed by atoms with Crippen molar-refractivity contribution in [3.63, 3.8) is 0 Å². The van der Waals surface area contributed by atoms with Crippen LogP contribution in [0.15, 0.2) is 49.1 Å². The lowest BCUT2D eigenvalue weighted by Gasteiger charge is -2.33. The summed E-state index contributed by atoms with van der Waals surface area (Å²) in [6.45, 7) is 1.85. The van der Waals surface area contributed by atoms with Crippen molar-refractivity contribution in [2.75, 3.05) is 37.5 Å². The van der Waals surface area contributed by atoms with Gasteiger partial charge in [-0.2, -0.15) is 5.10 Å². The van der Waals surface area contributed by atoms with Crippen LogP contribution in [0.3, 0.4) is 0 Å². The number of hydrogen-bond donors (Lipinski definition) is 1. The molecule has 1 aromatic carbocycles. The minimum absolute atomic E-state index is 0.358. The molecule has 1 aliphatic rings. The van der Waals surface area contributed by atoms with Gasteiger partial charge >= 0.3 is 0 Å². The van der Waals surface area contributed by atoms with E-state index in [0.29, 0.717) is 11.8 Å². The van der Waals surface area contributed by atoms with E-state index in [9.17, 15) is 0 Å². The van der Waals surface area contributed by atoms with Gasteiger partial charge in [-0.25, -0.2) is 9.97 Å². The molecule has 0 radical (unpaired) electrons. The van der Waals surface area contributed by atoms with Crippen LogP contribution >= 0.6 is 0 Å². The standard InChI is InChI=1S/C20H24N6O2/c1-27-16-6-7-17(18(11-16)28-2)24-19-12-20(22-14-21-19)25-9-3-5-15(13-25)26-10-4-8-23-26/h4,6-8,10-12,14-15H,3,5,9,13H2,1-2H3,(H,21,22,24). The number of aromatic nitrogens is 4. The summed E-state index contributed by atoms with van der Waals surface area (Å²) >= 11 is 0. The van der Waals surface area contributed by atoms with Crippen molar-refractivity contribution in [3.8, 4) is 11.5 Å². The normalized spacial score (nSPS) is 16.6. The first-order valence-electron chi connectivity index (χ1n) is 9.32. The van der Waals surface area contributed by atoms with E-state index in [-0.39, 0.29) is 0 Å². The molecule has 28 heavy (non-hydrogen) atoms. The number of rotatable bonds is 6. The highest BCUT2D eigenvalue weighted by Gasteiger charge is 2.22. The number of benzene rings is 1. The maximum absolute atomic E-state index is 5.46. The van der Waals surface area contributed by atoms with Gasteiger partial charge in [0.05, 0.1) is 25.9 Å². The molecular weight excluding hydrogens is 356 g/mol. The van der Waals surface area contributed by atoms with Gasteiger partial charge in [-0.05, 0) is 31.0 Å². The highest BCUT2D eigenvalue weighted by atomic mass is 16.5. The average molecular weight is 380 g/mol. The molecule has 8 nitrogen and oxygen atoms in total. The van der Waals surface area contributed by atoms with Crippen molar-refractivity contribution < 1.29 is 9.47 Å². The van der Waals surface area contributed by atoms with Crippen LogP contribution in [0.25, 0.3) is 0 Å². The van der Waals surface area contributed by atoms with Crippen LogP contribution in [0.5, 0.6) is 11.5 Å². The van der Waals surface area contributed by atoms with Crippen molar-refractivity contribution in [1.82, 2.24) is 19.7 Å². The Hall–Kier alpha value is -3.29. The van der Waals surface area contributed by atoms with Gasteiger partial charge in [-0.1, -0.05) is 0 Å². The molecule has 1 N–H and O–H groups in total. The summed E-state index contributed by atoms with van der Waals surface area (Å²) in [5.41, 5.74) is 0.820. The lowest BCUT2D eigenvalue weighted by Crippen LogP contribution is -2.37. The van der Waals surface area contributed by atoms with Gasteiger partial charge in [0.1, 0.15) is 29.5 Å². The van der Waals surface area contributed by atoms with Gasteiger partial charge in [-0.3, -0.25) is 4.68 Å². The molecule has 1 fully saturated rings. The fourth-order valence-electron chi connectivity index (χ4n) is 3.50. The van der Waals surface area contributed by atoms with E-state index < -0.39 is 0 Å². The lowest BCUT2D eigenvalue weighted by molar-refractivity contribution is 0.375. The number of anilines is 3. The smallest absolute Gasteiger partial charge is 0.146 e. The van der Waals surface area contributed by atoms with E-state index in [4.69, 9.17) is 9.47 Å². The molecule has 0 spiro atoms. The van der Waals surface area contributed by atoms with Crippen LogP contribution in [0.1, 0.15) is 18.9 Å². The first kappa shape index (κ1) is 18.1. The second-order valence-corrected chi connectivity index (χ2v) is 6.68. The van der Waals surface area contributed by atoms with Gasteiger partial charge in [-0.15, -0.1) is 0 Å². The third-order valence-electron chi connectivity index (χ3n) is 4.94. The predicted octanol–water partition coefficient (Wildman–Crippen LogP) is 3.28. The average Bonchev–Trinajstić information content (AvgIpc) is 3.29. The van der Waals surface area contributed by atoms with E-state index in [1.54, 1.807) is 20.5 Å². The second-order valence-electron chi connectivity index (χ2n) is 6.68.